The molecule has 0 spiro atoms. The lowest BCUT2D eigenvalue weighted by Crippen LogP contribution is -2.38. The molecule has 100 valence electrons. The van der Waals surface area contributed by atoms with Crippen molar-refractivity contribution in [3.63, 3.8) is 0 Å². The first-order chi connectivity index (χ1) is 8.21. The van der Waals surface area contributed by atoms with Crippen LogP contribution in [0.25, 0.3) is 0 Å². The van der Waals surface area contributed by atoms with Gasteiger partial charge in [-0.2, -0.15) is 0 Å². The Kier molecular flexibility index (Phi) is 4.88. The van der Waals surface area contributed by atoms with Crippen LogP contribution in [-0.4, -0.2) is 23.0 Å². The van der Waals surface area contributed by atoms with Crippen molar-refractivity contribution in [1.82, 2.24) is 4.90 Å². The highest BCUT2D eigenvalue weighted by Crippen LogP contribution is 2.24. The van der Waals surface area contributed by atoms with Crippen molar-refractivity contribution >= 4 is 17.2 Å². The van der Waals surface area contributed by atoms with E-state index in [-0.39, 0.29) is 5.41 Å². The van der Waals surface area contributed by atoms with Crippen molar-refractivity contribution in [2.45, 2.75) is 40.3 Å². The summed E-state index contributed by atoms with van der Waals surface area (Å²) in [6, 6.07) is 8.70. The second kappa shape index (κ2) is 5.81. The van der Waals surface area contributed by atoms with Crippen molar-refractivity contribution in [3.8, 4) is 0 Å². The van der Waals surface area contributed by atoms with E-state index in [2.05, 4.69) is 51.8 Å². The van der Waals surface area contributed by atoms with Crippen molar-refractivity contribution in [2.75, 3.05) is 7.05 Å². The van der Waals surface area contributed by atoms with Gasteiger partial charge in [-0.3, -0.25) is 4.90 Å². The van der Waals surface area contributed by atoms with Gasteiger partial charge in [-0.05, 0) is 24.9 Å². The van der Waals surface area contributed by atoms with Crippen molar-refractivity contribution in [1.29, 1.82) is 0 Å². The van der Waals surface area contributed by atoms with Crippen LogP contribution in [0.1, 0.15) is 38.8 Å². The average molecular weight is 264 g/mol. The molecule has 0 amide bonds. The number of hydrogen-bond donors (Lipinski definition) is 1. The predicted molar refractivity (Wildman–Crippen MR) is 82.7 cm³/mol. The fourth-order valence-electron chi connectivity index (χ4n) is 1.86. The van der Waals surface area contributed by atoms with Gasteiger partial charge in [-0.25, -0.2) is 0 Å². The van der Waals surface area contributed by atoms with E-state index in [1.54, 1.807) is 0 Å². The smallest absolute Gasteiger partial charge is 0.103 e. The molecular weight excluding hydrogens is 240 g/mol. The molecular formula is C15H24N2S. The lowest BCUT2D eigenvalue weighted by molar-refractivity contribution is 0.134. The van der Waals surface area contributed by atoms with E-state index in [0.29, 0.717) is 11.0 Å². The van der Waals surface area contributed by atoms with Gasteiger partial charge in [0, 0.05) is 18.2 Å². The molecule has 0 aliphatic carbocycles. The zero-order chi connectivity index (χ0) is 13.9. The Balaban J connectivity index is 2.70. The summed E-state index contributed by atoms with van der Waals surface area (Å²) in [4.78, 5) is 2.83. The largest absolute Gasteiger partial charge is 0.389 e. The molecule has 0 aliphatic rings. The Morgan fingerprint density at radius 3 is 2.17 bits per heavy atom. The van der Waals surface area contributed by atoms with Crippen LogP contribution >= 0.6 is 12.2 Å². The lowest BCUT2D eigenvalue weighted by Gasteiger charge is -2.35. The number of thiocarbonyl (C=S) groups is 1. The monoisotopic (exact) mass is 264 g/mol. The Hall–Kier alpha value is -0.930. The van der Waals surface area contributed by atoms with Crippen LogP contribution in [-0.2, 0) is 6.54 Å². The summed E-state index contributed by atoms with van der Waals surface area (Å²) in [5.74, 6) is 0. The van der Waals surface area contributed by atoms with Crippen LogP contribution in [0.3, 0.4) is 0 Å². The Morgan fingerprint density at radius 2 is 1.78 bits per heavy atom. The minimum atomic E-state index is 0.285. The molecule has 1 aromatic rings. The third kappa shape index (κ3) is 4.07. The van der Waals surface area contributed by atoms with E-state index in [1.807, 2.05) is 12.1 Å². The summed E-state index contributed by atoms with van der Waals surface area (Å²) in [6.45, 7) is 10.0. The number of benzene rings is 1. The molecule has 18 heavy (non-hydrogen) atoms. The zero-order valence-corrected chi connectivity index (χ0v) is 12.8. The molecule has 1 rings (SSSR count). The SMILES string of the molecule is CC(N(C)Cc1ccc(C(N)=S)cc1)C(C)(C)C. The molecule has 2 nitrogen and oxygen atoms in total. The molecule has 3 heteroatoms. The Bertz CT molecular complexity index is 403. The van der Waals surface area contributed by atoms with Crippen LogP contribution in [0.15, 0.2) is 24.3 Å². The maximum atomic E-state index is 5.59. The minimum Gasteiger partial charge on any atom is -0.389 e. The standard InChI is InChI=1S/C15H24N2S/c1-11(15(2,3)4)17(5)10-12-6-8-13(9-7-12)14(16)18/h6-9,11H,10H2,1-5H3,(H2,16,18). The van der Waals surface area contributed by atoms with Crippen molar-refractivity contribution < 1.29 is 0 Å². The van der Waals surface area contributed by atoms with Crippen molar-refractivity contribution in [2.24, 2.45) is 11.1 Å². The van der Waals surface area contributed by atoms with Crippen LogP contribution in [0.2, 0.25) is 0 Å². The number of nitrogens with zero attached hydrogens (tertiary/aromatic N) is 1. The number of nitrogens with two attached hydrogens (primary N) is 1. The minimum absolute atomic E-state index is 0.285. The summed E-state index contributed by atoms with van der Waals surface area (Å²) in [5.41, 5.74) is 8.09. The summed E-state index contributed by atoms with van der Waals surface area (Å²) >= 11 is 4.95. The van der Waals surface area contributed by atoms with Gasteiger partial charge in [0.25, 0.3) is 0 Å². The first kappa shape index (κ1) is 15.1. The lowest BCUT2D eigenvalue weighted by atomic mass is 9.87. The molecule has 1 unspecified atom stereocenters. The second-order valence-corrected chi connectivity index (χ2v) is 6.46. The highest BCUT2D eigenvalue weighted by Gasteiger charge is 2.23. The maximum Gasteiger partial charge on any atom is 0.103 e. The topological polar surface area (TPSA) is 29.3 Å². The molecule has 0 aromatic heterocycles. The predicted octanol–water partition coefficient (Wildman–Crippen LogP) is 3.19. The summed E-state index contributed by atoms with van der Waals surface area (Å²) < 4.78 is 0. The van der Waals surface area contributed by atoms with Gasteiger partial charge < -0.3 is 5.73 Å². The van der Waals surface area contributed by atoms with E-state index in [9.17, 15) is 0 Å². The molecule has 0 fully saturated rings. The first-order valence-electron chi connectivity index (χ1n) is 6.31. The van der Waals surface area contributed by atoms with Gasteiger partial charge in [0.2, 0.25) is 0 Å². The van der Waals surface area contributed by atoms with E-state index in [1.165, 1.54) is 5.56 Å². The number of hydrogen-bond acceptors (Lipinski definition) is 2. The molecule has 1 atom stereocenters. The Morgan fingerprint density at radius 1 is 1.28 bits per heavy atom. The highest BCUT2D eigenvalue weighted by molar-refractivity contribution is 7.80. The molecule has 1 aromatic carbocycles. The Labute approximate surface area is 116 Å². The maximum absolute atomic E-state index is 5.59. The molecule has 0 heterocycles. The third-order valence-electron chi connectivity index (χ3n) is 3.58. The van der Waals surface area contributed by atoms with Crippen LogP contribution in [0.5, 0.6) is 0 Å². The van der Waals surface area contributed by atoms with Gasteiger partial charge in [0.05, 0.1) is 0 Å². The quantitative estimate of drug-likeness (QED) is 0.847. The van der Waals surface area contributed by atoms with Crippen LogP contribution in [0.4, 0.5) is 0 Å². The van der Waals surface area contributed by atoms with Gasteiger partial charge in [-0.1, -0.05) is 57.3 Å². The van der Waals surface area contributed by atoms with Gasteiger partial charge in [0.1, 0.15) is 4.99 Å². The van der Waals surface area contributed by atoms with Crippen LogP contribution < -0.4 is 5.73 Å². The van der Waals surface area contributed by atoms with E-state index < -0.39 is 0 Å². The zero-order valence-electron chi connectivity index (χ0n) is 12.0. The van der Waals surface area contributed by atoms with E-state index in [4.69, 9.17) is 18.0 Å². The fourth-order valence-corrected chi connectivity index (χ4v) is 2.00. The summed E-state index contributed by atoms with van der Waals surface area (Å²) in [7, 11) is 2.16. The fraction of sp³-hybridized carbons (Fsp3) is 0.533. The average Bonchev–Trinajstić information content (AvgIpc) is 2.27. The molecule has 0 saturated carbocycles. The van der Waals surface area contributed by atoms with Crippen molar-refractivity contribution in [3.05, 3.63) is 35.4 Å². The summed E-state index contributed by atoms with van der Waals surface area (Å²) in [6.07, 6.45) is 0. The molecule has 0 bridgehead atoms. The van der Waals surface area contributed by atoms with E-state index in [0.717, 1.165) is 12.1 Å². The van der Waals surface area contributed by atoms with Gasteiger partial charge in [-0.15, -0.1) is 0 Å². The van der Waals surface area contributed by atoms with Gasteiger partial charge >= 0.3 is 0 Å². The third-order valence-corrected chi connectivity index (χ3v) is 3.82. The molecule has 0 aliphatic heterocycles. The summed E-state index contributed by atoms with van der Waals surface area (Å²) in [5, 5.41) is 0. The number of rotatable bonds is 4. The highest BCUT2D eigenvalue weighted by atomic mass is 32.1. The normalized spacial score (nSPS) is 13.7. The second-order valence-electron chi connectivity index (χ2n) is 6.02. The molecule has 0 saturated heterocycles. The van der Waals surface area contributed by atoms with Gasteiger partial charge in [0.15, 0.2) is 0 Å². The van der Waals surface area contributed by atoms with E-state index >= 15 is 0 Å². The molecule has 0 radical (unpaired) electrons. The van der Waals surface area contributed by atoms with Crippen LogP contribution in [0, 0.1) is 5.41 Å². The molecule has 2 N–H and O–H groups in total. The first-order valence-corrected chi connectivity index (χ1v) is 6.71.